The summed E-state index contributed by atoms with van der Waals surface area (Å²) in [6.07, 6.45) is 0.343. The summed E-state index contributed by atoms with van der Waals surface area (Å²) in [6, 6.07) is 14.5. The van der Waals surface area contributed by atoms with Crippen LogP contribution in [0.25, 0.3) is 10.8 Å². The van der Waals surface area contributed by atoms with E-state index in [1.165, 1.54) is 16.3 Å². The van der Waals surface area contributed by atoms with Crippen LogP contribution in [0.2, 0.25) is 0 Å². The van der Waals surface area contributed by atoms with Crippen molar-refractivity contribution in [2.24, 2.45) is 5.73 Å². The molecule has 2 aromatic carbocycles. The second-order valence-corrected chi connectivity index (χ2v) is 5.77. The molecule has 0 spiro atoms. The first kappa shape index (κ1) is 19.4. The molecular formula is C20H28N2O3. The van der Waals surface area contributed by atoms with Gasteiger partial charge in [0.25, 0.3) is 0 Å². The van der Waals surface area contributed by atoms with Gasteiger partial charge in [0.05, 0.1) is 13.1 Å². The second-order valence-electron chi connectivity index (χ2n) is 5.77. The average molecular weight is 344 g/mol. The third-order valence-corrected chi connectivity index (χ3v) is 4.13. The van der Waals surface area contributed by atoms with E-state index in [-0.39, 0.29) is 12.5 Å². The van der Waals surface area contributed by atoms with Gasteiger partial charge in [0.1, 0.15) is 0 Å². The van der Waals surface area contributed by atoms with Gasteiger partial charge >= 0.3 is 0 Å². The van der Waals surface area contributed by atoms with E-state index < -0.39 is 6.29 Å². The Morgan fingerprint density at radius 2 is 1.76 bits per heavy atom. The lowest BCUT2D eigenvalue weighted by Crippen LogP contribution is -2.43. The van der Waals surface area contributed by atoms with E-state index in [0.29, 0.717) is 26.3 Å². The fraction of sp³-hybridized carbons (Fsp3) is 0.450. The first-order valence-electron chi connectivity index (χ1n) is 8.87. The molecule has 1 amide bonds. The van der Waals surface area contributed by atoms with Crippen LogP contribution in [0.5, 0.6) is 0 Å². The molecule has 0 aliphatic carbocycles. The molecule has 0 radical (unpaired) electrons. The first-order valence-corrected chi connectivity index (χ1v) is 8.87. The molecule has 0 heterocycles. The van der Waals surface area contributed by atoms with Crippen molar-refractivity contribution in [2.75, 3.05) is 32.8 Å². The molecule has 0 aliphatic rings. The van der Waals surface area contributed by atoms with Gasteiger partial charge in [0, 0.05) is 19.8 Å². The van der Waals surface area contributed by atoms with Crippen molar-refractivity contribution >= 4 is 16.7 Å². The van der Waals surface area contributed by atoms with Gasteiger partial charge in [-0.15, -0.1) is 0 Å². The van der Waals surface area contributed by atoms with Gasteiger partial charge in [0.15, 0.2) is 6.29 Å². The summed E-state index contributed by atoms with van der Waals surface area (Å²) < 4.78 is 11.1. The quantitative estimate of drug-likeness (QED) is 0.673. The van der Waals surface area contributed by atoms with E-state index in [4.69, 9.17) is 15.2 Å². The fourth-order valence-electron chi connectivity index (χ4n) is 2.92. The van der Waals surface area contributed by atoms with Gasteiger partial charge in [-0.3, -0.25) is 4.79 Å². The SMILES string of the molecule is CCOC(CN(CCc1cccc2ccccc12)C(=O)CN)OCC. The largest absolute Gasteiger partial charge is 0.351 e. The summed E-state index contributed by atoms with van der Waals surface area (Å²) in [5, 5.41) is 2.43. The Hall–Kier alpha value is -1.95. The van der Waals surface area contributed by atoms with E-state index in [2.05, 4.69) is 30.3 Å². The van der Waals surface area contributed by atoms with Crippen molar-refractivity contribution in [1.82, 2.24) is 4.90 Å². The van der Waals surface area contributed by atoms with Crippen molar-refractivity contribution in [2.45, 2.75) is 26.6 Å². The predicted molar refractivity (Wildman–Crippen MR) is 100 cm³/mol. The Balaban J connectivity index is 2.09. The highest BCUT2D eigenvalue weighted by Gasteiger charge is 2.18. The molecule has 25 heavy (non-hydrogen) atoms. The summed E-state index contributed by atoms with van der Waals surface area (Å²) in [5.74, 6) is -0.0929. The number of carbonyl (C=O) groups excluding carboxylic acids is 1. The minimum atomic E-state index is -0.419. The molecular weight excluding hydrogens is 316 g/mol. The van der Waals surface area contributed by atoms with Crippen LogP contribution in [0.3, 0.4) is 0 Å². The molecule has 0 unspecified atom stereocenters. The maximum absolute atomic E-state index is 12.2. The molecule has 0 bridgehead atoms. The lowest BCUT2D eigenvalue weighted by atomic mass is 10.0. The molecule has 5 nitrogen and oxygen atoms in total. The topological polar surface area (TPSA) is 64.8 Å². The Morgan fingerprint density at radius 1 is 1.08 bits per heavy atom. The summed E-state index contributed by atoms with van der Waals surface area (Å²) in [7, 11) is 0. The lowest BCUT2D eigenvalue weighted by Gasteiger charge is -2.27. The minimum Gasteiger partial charge on any atom is -0.351 e. The highest BCUT2D eigenvalue weighted by atomic mass is 16.7. The van der Waals surface area contributed by atoms with Crippen molar-refractivity contribution in [1.29, 1.82) is 0 Å². The maximum atomic E-state index is 12.2. The zero-order valence-electron chi connectivity index (χ0n) is 15.1. The molecule has 0 aromatic heterocycles. The number of hydrogen-bond donors (Lipinski definition) is 1. The number of amides is 1. The molecule has 2 N–H and O–H groups in total. The number of nitrogens with two attached hydrogens (primary N) is 1. The van der Waals surface area contributed by atoms with Gasteiger partial charge in [-0.2, -0.15) is 0 Å². The van der Waals surface area contributed by atoms with Crippen molar-refractivity contribution in [3.8, 4) is 0 Å². The highest BCUT2D eigenvalue weighted by molar-refractivity contribution is 5.85. The van der Waals surface area contributed by atoms with E-state index in [1.807, 2.05) is 26.0 Å². The van der Waals surface area contributed by atoms with Gasteiger partial charge in [-0.1, -0.05) is 42.5 Å². The number of fused-ring (bicyclic) bond motifs is 1. The third kappa shape index (κ3) is 5.53. The summed E-state index contributed by atoms with van der Waals surface area (Å²) in [4.78, 5) is 14.0. The average Bonchev–Trinajstić information content (AvgIpc) is 2.64. The van der Waals surface area contributed by atoms with Gasteiger partial charge in [-0.05, 0) is 36.6 Å². The molecule has 0 saturated carbocycles. The Labute approximate surface area is 149 Å². The third-order valence-electron chi connectivity index (χ3n) is 4.13. The molecule has 0 fully saturated rings. The van der Waals surface area contributed by atoms with Gasteiger partial charge < -0.3 is 20.1 Å². The normalized spacial score (nSPS) is 11.2. The maximum Gasteiger partial charge on any atom is 0.236 e. The smallest absolute Gasteiger partial charge is 0.236 e. The number of rotatable bonds is 10. The molecule has 0 atom stereocenters. The number of ether oxygens (including phenoxy) is 2. The molecule has 5 heteroatoms. The Bertz CT molecular complexity index is 664. The standard InChI is InChI=1S/C20H28N2O3/c1-3-24-20(25-4-2)15-22(19(23)14-21)13-12-17-10-7-9-16-8-5-6-11-18(16)17/h5-11,20H,3-4,12-15,21H2,1-2H3. The monoisotopic (exact) mass is 344 g/mol. The minimum absolute atomic E-state index is 0.0134. The van der Waals surface area contributed by atoms with Crippen LogP contribution in [-0.4, -0.2) is 49.9 Å². The van der Waals surface area contributed by atoms with E-state index >= 15 is 0 Å². The number of carbonyl (C=O) groups is 1. The summed E-state index contributed by atoms with van der Waals surface area (Å²) in [5.41, 5.74) is 6.80. The number of nitrogens with zero attached hydrogens (tertiary/aromatic N) is 1. The molecule has 0 saturated heterocycles. The van der Waals surface area contributed by atoms with E-state index in [1.54, 1.807) is 4.90 Å². The zero-order valence-corrected chi connectivity index (χ0v) is 15.1. The number of benzene rings is 2. The van der Waals surface area contributed by atoms with Crippen LogP contribution in [0.1, 0.15) is 19.4 Å². The zero-order chi connectivity index (χ0) is 18.1. The molecule has 2 aromatic rings. The van der Waals surface area contributed by atoms with Crippen LogP contribution in [-0.2, 0) is 20.7 Å². The lowest BCUT2D eigenvalue weighted by molar-refractivity contribution is -0.158. The Morgan fingerprint density at radius 3 is 2.44 bits per heavy atom. The number of hydrogen-bond acceptors (Lipinski definition) is 4. The van der Waals surface area contributed by atoms with Crippen molar-refractivity contribution in [3.63, 3.8) is 0 Å². The van der Waals surface area contributed by atoms with Crippen LogP contribution < -0.4 is 5.73 Å². The first-order chi connectivity index (χ1) is 12.2. The second kappa shape index (κ2) is 10.1. The van der Waals surface area contributed by atoms with Gasteiger partial charge in [-0.25, -0.2) is 0 Å². The highest BCUT2D eigenvalue weighted by Crippen LogP contribution is 2.19. The summed E-state index contributed by atoms with van der Waals surface area (Å²) >= 11 is 0. The summed E-state index contributed by atoms with van der Waals surface area (Å²) in [6.45, 7) is 5.87. The molecule has 0 aliphatic heterocycles. The molecule has 136 valence electrons. The van der Waals surface area contributed by atoms with Crippen LogP contribution >= 0.6 is 0 Å². The van der Waals surface area contributed by atoms with Crippen molar-refractivity contribution < 1.29 is 14.3 Å². The van der Waals surface area contributed by atoms with Crippen molar-refractivity contribution in [3.05, 3.63) is 48.0 Å². The van der Waals surface area contributed by atoms with Crippen LogP contribution in [0.4, 0.5) is 0 Å². The predicted octanol–water partition coefficient (Wildman–Crippen LogP) is 2.57. The Kier molecular flexibility index (Phi) is 7.85. The van der Waals surface area contributed by atoms with Gasteiger partial charge in [0.2, 0.25) is 5.91 Å². The van der Waals surface area contributed by atoms with E-state index in [9.17, 15) is 4.79 Å². The van der Waals surface area contributed by atoms with Crippen LogP contribution in [0, 0.1) is 0 Å². The van der Waals surface area contributed by atoms with Crippen LogP contribution in [0.15, 0.2) is 42.5 Å². The molecule has 2 rings (SSSR count). The fourth-order valence-corrected chi connectivity index (χ4v) is 2.92. The van der Waals surface area contributed by atoms with E-state index in [0.717, 1.165) is 6.42 Å².